The number of carbonyl (C=O) groups is 4. The van der Waals surface area contributed by atoms with Crippen LogP contribution in [0.25, 0.3) is 0 Å². The van der Waals surface area contributed by atoms with Crippen LogP contribution >= 0.6 is 0 Å². The molecule has 1 unspecified atom stereocenters. The molecule has 0 aliphatic carbocycles. The van der Waals surface area contributed by atoms with Crippen molar-refractivity contribution in [3.63, 3.8) is 0 Å². The minimum absolute atomic E-state index is 0.186. The highest BCUT2D eigenvalue weighted by molar-refractivity contribution is 6.08. The number of benzene rings is 1. The molecule has 42 heavy (non-hydrogen) atoms. The van der Waals surface area contributed by atoms with E-state index in [1.165, 1.54) is 0 Å². The number of esters is 2. The van der Waals surface area contributed by atoms with Crippen molar-refractivity contribution in [2.24, 2.45) is 0 Å². The Labute approximate surface area is 240 Å². The predicted molar refractivity (Wildman–Crippen MR) is 142 cm³/mol. The molecule has 2 aliphatic rings. The first kappa shape index (κ1) is 30.5. The van der Waals surface area contributed by atoms with Gasteiger partial charge in [0.05, 0.1) is 26.3 Å². The molecule has 2 aliphatic heterocycles. The summed E-state index contributed by atoms with van der Waals surface area (Å²) in [5.74, 6) is -4.49. The number of halogens is 2. The molecule has 2 N–H and O–H groups in total. The number of ether oxygens (including phenoxy) is 2. The number of rotatable bonds is 8. The van der Waals surface area contributed by atoms with E-state index in [9.17, 15) is 33.2 Å². The van der Waals surface area contributed by atoms with Crippen LogP contribution in [0.1, 0.15) is 42.5 Å². The highest BCUT2D eigenvalue weighted by Crippen LogP contribution is 2.36. The summed E-state index contributed by atoms with van der Waals surface area (Å²) < 4.78 is 37.4. The van der Waals surface area contributed by atoms with Crippen LogP contribution in [-0.2, 0) is 19.1 Å². The number of methoxy groups -OCH3 is 2. The minimum Gasteiger partial charge on any atom is -0.466 e. The van der Waals surface area contributed by atoms with Crippen molar-refractivity contribution < 1.29 is 42.6 Å². The second kappa shape index (κ2) is 13.5. The highest BCUT2D eigenvalue weighted by Gasteiger charge is 2.46. The molecule has 2 aromatic rings. The Morgan fingerprint density at radius 1 is 1.07 bits per heavy atom. The lowest BCUT2D eigenvalue weighted by Crippen LogP contribution is -2.56. The maximum absolute atomic E-state index is 14.2. The van der Waals surface area contributed by atoms with Gasteiger partial charge in [-0.2, -0.15) is 0 Å². The van der Waals surface area contributed by atoms with Gasteiger partial charge in [0, 0.05) is 17.8 Å². The SMILES string of the molecule is COC(=O)C1=C(C(=O)OC)C(c2ccc(F)c(F)c2)N(C(=O)N(O)CCCN2CCC(c3ccccn3)CC2)C(=O)N1. The van der Waals surface area contributed by atoms with Gasteiger partial charge in [-0.1, -0.05) is 12.1 Å². The molecule has 1 fully saturated rings. The number of piperidine rings is 1. The van der Waals surface area contributed by atoms with E-state index in [0.717, 1.165) is 58.0 Å². The van der Waals surface area contributed by atoms with Crippen LogP contribution in [0.15, 0.2) is 53.9 Å². The summed E-state index contributed by atoms with van der Waals surface area (Å²) in [5, 5.41) is 13.1. The molecule has 1 aromatic heterocycles. The van der Waals surface area contributed by atoms with Crippen LogP contribution in [0, 0.1) is 11.6 Å². The van der Waals surface area contributed by atoms with E-state index in [2.05, 4.69) is 19.9 Å². The number of pyridine rings is 1. The van der Waals surface area contributed by atoms with Gasteiger partial charge in [-0.15, -0.1) is 0 Å². The molecule has 0 radical (unpaired) electrons. The maximum atomic E-state index is 14.2. The van der Waals surface area contributed by atoms with Crippen molar-refractivity contribution in [3.8, 4) is 0 Å². The number of urea groups is 2. The number of likely N-dealkylation sites (tertiary alicyclic amines) is 1. The first-order valence-electron chi connectivity index (χ1n) is 13.3. The number of hydrogen-bond donors (Lipinski definition) is 2. The normalized spacial score (nSPS) is 18.0. The van der Waals surface area contributed by atoms with Crippen LogP contribution in [0.5, 0.6) is 0 Å². The fourth-order valence-electron chi connectivity index (χ4n) is 5.13. The average molecular weight is 588 g/mol. The van der Waals surface area contributed by atoms with Crippen molar-refractivity contribution in [1.82, 2.24) is 25.2 Å². The van der Waals surface area contributed by atoms with Gasteiger partial charge in [-0.05, 0) is 68.7 Å². The molecule has 1 atom stereocenters. The molecule has 3 heterocycles. The summed E-state index contributed by atoms with van der Waals surface area (Å²) in [4.78, 5) is 58.8. The average Bonchev–Trinajstić information content (AvgIpc) is 3.01. The molecule has 0 bridgehead atoms. The van der Waals surface area contributed by atoms with Crippen LogP contribution in [0.4, 0.5) is 18.4 Å². The van der Waals surface area contributed by atoms with Gasteiger partial charge in [0.25, 0.3) is 0 Å². The minimum atomic E-state index is -1.76. The van der Waals surface area contributed by atoms with E-state index in [0.29, 0.717) is 34.9 Å². The molecule has 4 rings (SSSR count). The van der Waals surface area contributed by atoms with Gasteiger partial charge < -0.3 is 19.7 Å². The second-order valence-corrected chi connectivity index (χ2v) is 9.78. The predicted octanol–water partition coefficient (Wildman–Crippen LogP) is 3.11. The Morgan fingerprint density at radius 2 is 1.79 bits per heavy atom. The molecule has 4 amide bonds. The number of nitrogens with zero attached hydrogens (tertiary/aromatic N) is 4. The van der Waals surface area contributed by atoms with Crippen LogP contribution in [-0.4, -0.2) is 89.5 Å². The van der Waals surface area contributed by atoms with Crippen LogP contribution in [0.2, 0.25) is 0 Å². The lowest BCUT2D eigenvalue weighted by molar-refractivity contribution is -0.140. The lowest BCUT2D eigenvalue weighted by atomic mass is 9.93. The Hall–Kier alpha value is -4.43. The Morgan fingerprint density at radius 3 is 2.40 bits per heavy atom. The summed E-state index contributed by atoms with van der Waals surface area (Å²) in [6.07, 6.45) is 3.94. The third kappa shape index (κ3) is 6.55. The molecule has 14 heteroatoms. The zero-order chi connectivity index (χ0) is 30.4. The Kier molecular flexibility index (Phi) is 9.80. The second-order valence-electron chi connectivity index (χ2n) is 9.78. The van der Waals surface area contributed by atoms with Crippen molar-refractivity contribution >= 4 is 24.0 Å². The smallest absolute Gasteiger partial charge is 0.355 e. The summed E-state index contributed by atoms with van der Waals surface area (Å²) in [6.45, 7) is 1.97. The molecule has 0 spiro atoms. The number of aromatic nitrogens is 1. The van der Waals surface area contributed by atoms with Gasteiger partial charge in [0.2, 0.25) is 0 Å². The molecule has 1 aromatic carbocycles. The molecule has 12 nitrogen and oxygen atoms in total. The zero-order valence-electron chi connectivity index (χ0n) is 23.1. The largest absolute Gasteiger partial charge is 0.466 e. The number of nitrogens with one attached hydrogen (secondary N) is 1. The Balaban J connectivity index is 1.50. The maximum Gasteiger partial charge on any atom is 0.355 e. The van der Waals surface area contributed by atoms with E-state index in [-0.39, 0.29) is 12.1 Å². The molecular formula is C28H31F2N5O7. The highest BCUT2D eigenvalue weighted by atomic mass is 19.2. The van der Waals surface area contributed by atoms with E-state index >= 15 is 0 Å². The van der Waals surface area contributed by atoms with Crippen molar-refractivity contribution in [1.29, 1.82) is 0 Å². The first-order valence-corrected chi connectivity index (χ1v) is 13.3. The third-order valence-electron chi connectivity index (χ3n) is 7.27. The molecule has 224 valence electrons. The summed E-state index contributed by atoms with van der Waals surface area (Å²) in [5.41, 5.74) is -0.405. The van der Waals surface area contributed by atoms with Crippen molar-refractivity contribution in [2.75, 3.05) is 40.4 Å². The van der Waals surface area contributed by atoms with Gasteiger partial charge in [-0.3, -0.25) is 10.2 Å². The van der Waals surface area contributed by atoms with Gasteiger partial charge in [0.1, 0.15) is 11.7 Å². The number of hydroxylamine groups is 2. The van der Waals surface area contributed by atoms with Crippen molar-refractivity contribution in [2.45, 2.75) is 31.2 Å². The van der Waals surface area contributed by atoms with Gasteiger partial charge in [0.15, 0.2) is 11.6 Å². The fraction of sp³-hybridized carbons (Fsp3) is 0.393. The van der Waals surface area contributed by atoms with Gasteiger partial charge >= 0.3 is 24.0 Å². The number of amides is 4. The van der Waals surface area contributed by atoms with Crippen molar-refractivity contribution in [3.05, 3.63) is 76.8 Å². The molecular weight excluding hydrogens is 556 g/mol. The summed E-state index contributed by atoms with van der Waals surface area (Å²) >= 11 is 0. The number of hydrogen-bond acceptors (Lipinski definition) is 9. The van der Waals surface area contributed by atoms with E-state index in [4.69, 9.17) is 4.74 Å². The monoisotopic (exact) mass is 587 g/mol. The van der Waals surface area contributed by atoms with E-state index in [1.807, 2.05) is 18.2 Å². The van der Waals surface area contributed by atoms with Crippen LogP contribution in [0.3, 0.4) is 0 Å². The molecule has 0 saturated carbocycles. The summed E-state index contributed by atoms with van der Waals surface area (Å²) in [6, 6.07) is 4.06. The summed E-state index contributed by atoms with van der Waals surface area (Å²) in [7, 11) is 1.99. The standard InChI is InChI=1S/C28H31F2N5O7/c1-41-25(36)22-23(26(37)42-2)32-27(38)35(24(22)18-7-8-19(29)20(30)16-18)28(39)34(40)13-5-12-33-14-9-17(10-15-33)21-6-3-4-11-31-21/h3-4,6-8,11,16-17,24,40H,5,9-10,12-15H2,1-2H3,(H,32,38). The number of carbonyl (C=O) groups excluding carboxylic acids is 4. The van der Waals surface area contributed by atoms with Gasteiger partial charge in [-0.25, -0.2) is 37.9 Å². The molecule has 1 saturated heterocycles. The van der Waals surface area contributed by atoms with E-state index in [1.54, 1.807) is 6.20 Å². The fourth-order valence-corrected chi connectivity index (χ4v) is 5.13. The lowest BCUT2D eigenvalue weighted by Gasteiger charge is -2.37. The van der Waals surface area contributed by atoms with Crippen LogP contribution < -0.4 is 5.32 Å². The first-order chi connectivity index (χ1) is 20.2. The van der Waals surface area contributed by atoms with E-state index < -0.39 is 52.9 Å². The Bertz CT molecular complexity index is 1370. The third-order valence-corrected chi connectivity index (χ3v) is 7.27. The quantitative estimate of drug-likeness (QED) is 0.271. The zero-order valence-corrected chi connectivity index (χ0v) is 23.1. The number of imide groups is 1. The topological polar surface area (TPSA) is 142 Å².